The van der Waals surface area contributed by atoms with E-state index in [1.54, 1.807) is 17.7 Å². The first-order valence-corrected chi connectivity index (χ1v) is 9.66. The van der Waals surface area contributed by atoms with Crippen LogP contribution in [0.15, 0.2) is 41.3 Å². The van der Waals surface area contributed by atoms with Gasteiger partial charge in [0.15, 0.2) is 0 Å². The Kier molecular flexibility index (Phi) is 5.80. The number of primary amides is 1. The van der Waals surface area contributed by atoms with Crippen LogP contribution in [0.4, 0.5) is 13.2 Å². The number of hydrogen-bond donors (Lipinski definition) is 1. The summed E-state index contributed by atoms with van der Waals surface area (Å²) in [4.78, 5) is 11.2. The Balaban J connectivity index is 0.00000300. The van der Waals surface area contributed by atoms with Crippen molar-refractivity contribution in [2.24, 2.45) is 12.8 Å². The molecular weight excluding hydrogens is 429 g/mol. The number of nitrogens with two attached hydrogens (primary N) is 1. The van der Waals surface area contributed by atoms with E-state index in [9.17, 15) is 26.4 Å². The minimum absolute atomic E-state index is 0. The van der Waals surface area contributed by atoms with Crippen molar-refractivity contribution >= 4 is 39.1 Å². The summed E-state index contributed by atoms with van der Waals surface area (Å²) in [6.45, 7) is 3.68. The highest BCUT2D eigenvalue weighted by Gasteiger charge is 2.47. The highest BCUT2D eigenvalue weighted by Crippen LogP contribution is 2.39. The van der Waals surface area contributed by atoms with Gasteiger partial charge < -0.3 is 10.3 Å². The van der Waals surface area contributed by atoms with Crippen molar-refractivity contribution in [3.05, 3.63) is 53.2 Å². The molecule has 0 bridgehead atoms. The van der Waals surface area contributed by atoms with Gasteiger partial charge in [-0.25, -0.2) is 8.42 Å². The highest BCUT2D eigenvalue weighted by atomic mass is 35.5. The SMILES string of the molecule is Cc1ccc2c(c1C)c(-c1cccc(S(=O)(=O)C(F)(F)F)c1)c(C(N)=O)n2C.Cl. The Morgan fingerprint density at radius 2 is 1.72 bits per heavy atom. The summed E-state index contributed by atoms with van der Waals surface area (Å²) in [5.41, 5.74) is 3.07. The first-order chi connectivity index (χ1) is 12.9. The van der Waals surface area contributed by atoms with Crippen LogP contribution < -0.4 is 5.73 Å². The third kappa shape index (κ3) is 3.49. The molecule has 0 aliphatic rings. The van der Waals surface area contributed by atoms with Gasteiger partial charge in [-0.1, -0.05) is 18.2 Å². The Morgan fingerprint density at radius 1 is 1.10 bits per heavy atom. The number of alkyl halides is 3. The molecule has 0 radical (unpaired) electrons. The molecule has 0 saturated heterocycles. The van der Waals surface area contributed by atoms with E-state index in [4.69, 9.17) is 5.73 Å². The minimum atomic E-state index is -5.53. The summed E-state index contributed by atoms with van der Waals surface area (Å²) in [6.07, 6.45) is 0. The van der Waals surface area contributed by atoms with Crippen LogP contribution in [0, 0.1) is 13.8 Å². The molecular formula is C19H18ClF3N2O3S. The molecule has 0 fully saturated rings. The quantitative estimate of drug-likeness (QED) is 0.652. The number of carbonyl (C=O) groups excluding carboxylic acids is 1. The molecule has 2 aromatic carbocycles. The summed E-state index contributed by atoms with van der Waals surface area (Å²) >= 11 is 0. The predicted octanol–water partition coefficient (Wildman–Crippen LogP) is 4.28. The summed E-state index contributed by atoms with van der Waals surface area (Å²) in [5, 5.41) is 0.637. The Bertz CT molecular complexity index is 1230. The van der Waals surface area contributed by atoms with Crippen LogP contribution in [0.1, 0.15) is 21.6 Å². The van der Waals surface area contributed by atoms with Gasteiger partial charge in [0.1, 0.15) is 5.69 Å². The van der Waals surface area contributed by atoms with Crippen LogP contribution in [0.5, 0.6) is 0 Å². The van der Waals surface area contributed by atoms with Crippen LogP contribution in [0.3, 0.4) is 0 Å². The maximum Gasteiger partial charge on any atom is 0.501 e. The molecule has 0 spiro atoms. The number of benzene rings is 2. The van der Waals surface area contributed by atoms with E-state index < -0.39 is 26.1 Å². The highest BCUT2D eigenvalue weighted by molar-refractivity contribution is 7.92. The van der Waals surface area contributed by atoms with Crippen molar-refractivity contribution < 1.29 is 26.4 Å². The number of carbonyl (C=O) groups is 1. The fraction of sp³-hybridized carbons (Fsp3) is 0.211. The van der Waals surface area contributed by atoms with Gasteiger partial charge in [-0.2, -0.15) is 13.2 Å². The normalized spacial score (nSPS) is 12.1. The summed E-state index contributed by atoms with van der Waals surface area (Å²) < 4.78 is 64.1. The molecule has 1 heterocycles. The summed E-state index contributed by atoms with van der Waals surface area (Å²) in [5.74, 6) is -0.769. The zero-order valence-corrected chi connectivity index (χ0v) is 17.3. The molecule has 1 aromatic heterocycles. The summed E-state index contributed by atoms with van der Waals surface area (Å²) in [6, 6.07) is 8.10. The maximum atomic E-state index is 13.0. The second-order valence-electron chi connectivity index (χ2n) is 6.53. The average molecular weight is 447 g/mol. The Labute approximate surface area is 171 Å². The molecule has 3 rings (SSSR count). The number of sulfone groups is 1. The number of aryl methyl sites for hydroxylation is 3. The molecule has 10 heteroatoms. The van der Waals surface area contributed by atoms with E-state index in [-0.39, 0.29) is 23.7 Å². The van der Waals surface area contributed by atoms with Gasteiger partial charge in [-0.05, 0) is 48.7 Å². The van der Waals surface area contributed by atoms with Gasteiger partial charge in [0.2, 0.25) is 0 Å². The molecule has 1 amide bonds. The van der Waals surface area contributed by atoms with Crippen LogP contribution >= 0.6 is 12.4 Å². The largest absolute Gasteiger partial charge is 0.501 e. The molecule has 3 aromatic rings. The zero-order valence-electron chi connectivity index (χ0n) is 15.7. The van der Waals surface area contributed by atoms with Crippen molar-refractivity contribution in [2.75, 3.05) is 0 Å². The van der Waals surface area contributed by atoms with Crippen LogP contribution in [0.25, 0.3) is 22.0 Å². The molecule has 5 nitrogen and oxygen atoms in total. The van der Waals surface area contributed by atoms with Gasteiger partial charge in [-0.15, -0.1) is 12.4 Å². The van der Waals surface area contributed by atoms with Gasteiger partial charge in [0.25, 0.3) is 15.7 Å². The van der Waals surface area contributed by atoms with Gasteiger partial charge in [0, 0.05) is 23.5 Å². The minimum Gasteiger partial charge on any atom is -0.364 e. The number of nitrogens with zero attached hydrogens (tertiary/aromatic N) is 1. The van der Waals surface area contributed by atoms with Crippen molar-refractivity contribution in [1.82, 2.24) is 4.57 Å². The van der Waals surface area contributed by atoms with Crippen molar-refractivity contribution in [1.29, 1.82) is 0 Å². The van der Waals surface area contributed by atoms with Gasteiger partial charge in [-0.3, -0.25) is 4.79 Å². The molecule has 0 saturated carbocycles. The van der Waals surface area contributed by atoms with Gasteiger partial charge >= 0.3 is 5.51 Å². The third-order valence-corrected chi connectivity index (χ3v) is 6.35. The molecule has 0 unspecified atom stereocenters. The molecule has 0 aliphatic carbocycles. The van der Waals surface area contributed by atoms with E-state index in [1.807, 2.05) is 19.9 Å². The number of halogens is 4. The van der Waals surface area contributed by atoms with E-state index >= 15 is 0 Å². The van der Waals surface area contributed by atoms with Crippen molar-refractivity contribution in [2.45, 2.75) is 24.3 Å². The molecule has 0 aliphatic heterocycles. The van der Waals surface area contributed by atoms with Gasteiger partial charge in [0.05, 0.1) is 4.90 Å². The topological polar surface area (TPSA) is 82.2 Å². The first-order valence-electron chi connectivity index (χ1n) is 8.18. The molecule has 29 heavy (non-hydrogen) atoms. The lowest BCUT2D eigenvalue weighted by atomic mass is 9.96. The van der Waals surface area contributed by atoms with Crippen LogP contribution in [0.2, 0.25) is 0 Å². The van der Waals surface area contributed by atoms with E-state index in [1.165, 1.54) is 12.1 Å². The lowest BCUT2D eigenvalue weighted by molar-refractivity contribution is -0.0436. The molecule has 2 N–H and O–H groups in total. The summed E-state index contributed by atoms with van der Waals surface area (Å²) in [7, 11) is -3.91. The average Bonchev–Trinajstić information content (AvgIpc) is 2.90. The number of fused-ring (bicyclic) bond motifs is 1. The lowest BCUT2D eigenvalue weighted by Gasteiger charge is -2.11. The van der Waals surface area contributed by atoms with E-state index in [0.717, 1.165) is 23.3 Å². The van der Waals surface area contributed by atoms with E-state index in [2.05, 4.69) is 0 Å². The zero-order chi connectivity index (χ0) is 21.0. The first kappa shape index (κ1) is 22.8. The fourth-order valence-corrected chi connectivity index (χ4v) is 4.13. The van der Waals surface area contributed by atoms with Crippen molar-refractivity contribution in [3.63, 3.8) is 0 Å². The van der Waals surface area contributed by atoms with Crippen molar-refractivity contribution in [3.8, 4) is 11.1 Å². The predicted molar refractivity (Wildman–Crippen MR) is 107 cm³/mol. The smallest absolute Gasteiger partial charge is 0.364 e. The third-order valence-electron chi connectivity index (χ3n) is 4.87. The molecule has 0 atom stereocenters. The second kappa shape index (κ2) is 7.38. The maximum absolute atomic E-state index is 13.0. The molecule has 156 valence electrons. The van der Waals surface area contributed by atoms with E-state index in [0.29, 0.717) is 16.5 Å². The Morgan fingerprint density at radius 3 is 2.28 bits per heavy atom. The second-order valence-corrected chi connectivity index (χ2v) is 8.47. The fourth-order valence-electron chi connectivity index (χ4n) is 3.33. The number of amides is 1. The van der Waals surface area contributed by atoms with Crippen LogP contribution in [-0.4, -0.2) is 24.4 Å². The number of rotatable bonds is 3. The monoisotopic (exact) mass is 446 g/mol. The number of hydrogen-bond acceptors (Lipinski definition) is 3. The number of aromatic nitrogens is 1. The standard InChI is InChI=1S/C19H17F3N2O3S.ClH/c1-10-7-8-14-15(11(10)2)16(17(18(23)25)24(14)3)12-5-4-6-13(9-12)28(26,27)19(20,21)22;/h4-9H,1-3H3,(H2,23,25);1H. The Hall–Kier alpha value is -2.52. The van der Waals surface area contributed by atoms with Crippen LogP contribution in [-0.2, 0) is 16.9 Å². The lowest BCUT2D eigenvalue weighted by Crippen LogP contribution is -2.23.